The SMILES string of the molecule is Cc1cc(Br)ccc1Oc1cnccc1CNC(C)C. The Hall–Kier alpha value is -1.39. The zero-order valence-electron chi connectivity index (χ0n) is 12.0. The van der Waals surface area contributed by atoms with Gasteiger partial charge in [0.1, 0.15) is 11.5 Å². The fourth-order valence-electron chi connectivity index (χ4n) is 1.81. The van der Waals surface area contributed by atoms with E-state index in [2.05, 4.69) is 40.1 Å². The molecule has 0 saturated carbocycles. The molecule has 0 saturated heterocycles. The number of rotatable bonds is 5. The van der Waals surface area contributed by atoms with Gasteiger partial charge in [0.05, 0.1) is 6.20 Å². The lowest BCUT2D eigenvalue weighted by molar-refractivity contribution is 0.463. The van der Waals surface area contributed by atoms with Crippen molar-refractivity contribution in [2.24, 2.45) is 0 Å². The molecule has 0 unspecified atom stereocenters. The van der Waals surface area contributed by atoms with Crippen LogP contribution in [-0.4, -0.2) is 11.0 Å². The molecule has 0 aliphatic carbocycles. The van der Waals surface area contributed by atoms with E-state index >= 15 is 0 Å². The topological polar surface area (TPSA) is 34.1 Å². The Kier molecular flexibility index (Phi) is 5.15. The van der Waals surface area contributed by atoms with Crippen molar-refractivity contribution >= 4 is 15.9 Å². The summed E-state index contributed by atoms with van der Waals surface area (Å²) >= 11 is 3.46. The number of hydrogen-bond donors (Lipinski definition) is 1. The maximum atomic E-state index is 6.00. The first-order valence-corrected chi connectivity index (χ1v) is 7.46. The van der Waals surface area contributed by atoms with E-state index in [1.807, 2.05) is 31.2 Å². The van der Waals surface area contributed by atoms with Gasteiger partial charge in [0.2, 0.25) is 0 Å². The molecule has 1 aromatic carbocycles. The van der Waals surface area contributed by atoms with Gasteiger partial charge >= 0.3 is 0 Å². The molecular weight excluding hydrogens is 316 g/mol. The van der Waals surface area contributed by atoms with Crippen molar-refractivity contribution in [1.29, 1.82) is 0 Å². The lowest BCUT2D eigenvalue weighted by Gasteiger charge is -2.14. The van der Waals surface area contributed by atoms with Gasteiger partial charge in [-0.1, -0.05) is 29.8 Å². The fraction of sp³-hybridized carbons (Fsp3) is 0.312. The standard InChI is InChI=1S/C16H19BrN2O/c1-11(2)19-9-13-6-7-18-10-16(13)20-15-5-4-14(17)8-12(15)3/h4-8,10-11,19H,9H2,1-3H3. The highest BCUT2D eigenvalue weighted by molar-refractivity contribution is 9.10. The first kappa shape index (κ1) is 15.0. The van der Waals surface area contributed by atoms with Crippen molar-refractivity contribution in [3.05, 3.63) is 52.3 Å². The highest BCUT2D eigenvalue weighted by atomic mass is 79.9. The summed E-state index contributed by atoms with van der Waals surface area (Å²) in [6, 6.07) is 8.40. The summed E-state index contributed by atoms with van der Waals surface area (Å²) in [5.41, 5.74) is 2.20. The summed E-state index contributed by atoms with van der Waals surface area (Å²) < 4.78 is 7.06. The summed E-state index contributed by atoms with van der Waals surface area (Å²) in [6.45, 7) is 7.05. The third-order valence-electron chi connectivity index (χ3n) is 2.93. The van der Waals surface area contributed by atoms with Crippen LogP contribution in [0.2, 0.25) is 0 Å². The lowest BCUT2D eigenvalue weighted by Crippen LogP contribution is -2.22. The van der Waals surface area contributed by atoms with Gasteiger partial charge in [0, 0.05) is 28.8 Å². The van der Waals surface area contributed by atoms with Gasteiger partial charge in [-0.2, -0.15) is 0 Å². The third-order valence-corrected chi connectivity index (χ3v) is 3.42. The van der Waals surface area contributed by atoms with E-state index < -0.39 is 0 Å². The molecule has 0 atom stereocenters. The second-order valence-electron chi connectivity index (χ2n) is 5.03. The second-order valence-corrected chi connectivity index (χ2v) is 5.95. The van der Waals surface area contributed by atoms with Gasteiger partial charge in [-0.3, -0.25) is 4.98 Å². The molecule has 0 aliphatic heterocycles. The van der Waals surface area contributed by atoms with E-state index in [4.69, 9.17) is 4.74 Å². The molecule has 2 rings (SSSR count). The number of hydrogen-bond acceptors (Lipinski definition) is 3. The van der Waals surface area contributed by atoms with E-state index in [9.17, 15) is 0 Å². The van der Waals surface area contributed by atoms with Crippen LogP contribution >= 0.6 is 15.9 Å². The van der Waals surface area contributed by atoms with Crippen molar-refractivity contribution in [3.8, 4) is 11.5 Å². The summed E-state index contributed by atoms with van der Waals surface area (Å²) in [4.78, 5) is 4.15. The maximum Gasteiger partial charge on any atom is 0.150 e. The number of aryl methyl sites for hydroxylation is 1. The molecule has 3 nitrogen and oxygen atoms in total. The zero-order chi connectivity index (χ0) is 14.5. The second kappa shape index (κ2) is 6.86. The van der Waals surface area contributed by atoms with Crippen LogP contribution in [0, 0.1) is 6.92 Å². The number of halogens is 1. The van der Waals surface area contributed by atoms with Crippen LogP contribution in [-0.2, 0) is 6.54 Å². The van der Waals surface area contributed by atoms with Gasteiger partial charge in [-0.25, -0.2) is 0 Å². The Labute approximate surface area is 128 Å². The van der Waals surface area contributed by atoms with E-state index in [-0.39, 0.29) is 0 Å². The number of nitrogens with zero attached hydrogens (tertiary/aromatic N) is 1. The molecule has 0 bridgehead atoms. The predicted octanol–water partition coefficient (Wildman–Crippen LogP) is 4.44. The molecule has 1 heterocycles. The monoisotopic (exact) mass is 334 g/mol. The minimum atomic E-state index is 0.436. The van der Waals surface area contributed by atoms with Gasteiger partial charge in [-0.05, 0) is 36.8 Å². The molecule has 0 radical (unpaired) electrons. The Morgan fingerprint density at radius 2 is 2.05 bits per heavy atom. The molecule has 0 spiro atoms. The lowest BCUT2D eigenvalue weighted by atomic mass is 10.2. The summed E-state index contributed by atoms with van der Waals surface area (Å²) in [7, 11) is 0. The highest BCUT2D eigenvalue weighted by Crippen LogP contribution is 2.29. The van der Waals surface area contributed by atoms with Crippen LogP contribution in [0.4, 0.5) is 0 Å². The van der Waals surface area contributed by atoms with Gasteiger partial charge in [-0.15, -0.1) is 0 Å². The average molecular weight is 335 g/mol. The Bertz CT molecular complexity index is 584. The number of ether oxygens (including phenoxy) is 1. The van der Waals surface area contributed by atoms with E-state index in [1.54, 1.807) is 12.4 Å². The fourth-order valence-corrected chi connectivity index (χ4v) is 2.28. The minimum absolute atomic E-state index is 0.436. The van der Waals surface area contributed by atoms with Gasteiger partial charge in [0.25, 0.3) is 0 Å². The molecule has 2 aromatic rings. The van der Waals surface area contributed by atoms with Gasteiger partial charge in [0.15, 0.2) is 0 Å². The first-order chi connectivity index (χ1) is 9.56. The number of benzene rings is 1. The van der Waals surface area contributed by atoms with Crippen LogP contribution in [0.25, 0.3) is 0 Å². The van der Waals surface area contributed by atoms with Crippen molar-refractivity contribution in [3.63, 3.8) is 0 Å². The summed E-state index contributed by atoms with van der Waals surface area (Å²) in [5, 5.41) is 3.40. The van der Waals surface area contributed by atoms with Crippen molar-refractivity contribution in [2.75, 3.05) is 0 Å². The van der Waals surface area contributed by atoms with Crippen LogP contribution in [0.5, 0.6) is 11.5 Å². The van der Waals surface area contributed by atoms with Crippen LogP contribution in [0.15, 0.2) is 41.1 Å². The quantitative estimate of drug-likeness (QED) is 0.877. The minimum Gasteiger partial charge on any atom is -0.455 e. The number of aromatic nitrogens is 1. The Morgan fingerprint density at radius 3 is 2.75 bits per heavy atom. The molecule has 0 fully saturated rings. The zero-order valence-corrected chi connectivity index (χ0v) is 13.6. The van der Waals surface area contributed by atoms with Crippen LogP contribution in [0.3, 0.4) is 0 Å². The molecular formula is C16H19BrN2O. The van der Waals surface area contributed by atoms with E-state index in [0.717, 1.165) is 33.6 Å². The molecule has 106 valence electrons. The normalized spacial score (nSPS) is 10.8. The number of nitrogens with one attached hydrogen (secondary N) is 1. The van der Waals surface area contributed by atoms with Crippen molar-refractivity contribution < 1.29 is 4.74 Å². The summed E-state index contributed by atoms with van der Waals surface area (Å²) in [6.07, 6.45) is 3.55. The maximum absolute atomic E-state index is 6.00. The summed E-state index contributed by atoms with van der Waals surface area (Å²) in [5.74, 6) is 1.65. The molecule has 4 heteroatoms. The molecule has 0 amide bonds. The van der Waals surface area contributed by atoms with Crippen LogP contribution < -0.4 is 10.1 Å². The molecule has 20 heavy (non-hydrogen) atoms. The molecule has 1 N–H and O–H groups in total. The number of pyridine rings is 1. The van der Waals surface area contributed by atoms with Crippen molar-refractivity contribution in [2.45, 2.75) is 33.4 Å². The first-order valence-electron chi connectivity index (χ1n) is 6.66. The smallest absolute Gasteiger partial charge is 0.150 e. The van der Waals surface area contributed by atoms with E-state index in [0.29, 0.717) is 6.04 Å². The Morgan fingerprint density at radius 1 is 1.25 bits per heavy atom. The van der Waals surface area contributed by atoms with E-state index in [1.165, 1.54) is 0 Å². The highest BCUT2D eigenvalue weighted by Gasteiger charge is 2.07. The third kappa shape index (κ3) is 4.05. The van der Waals surface area contributed by atoms with Gasteiger partial charge < -0.3 is 10.1 Å². The Balaban J connectivity index is 2.20. The molecule has 1 aromatic heterocycles. The predicted molar refractivity (Wildman–Crippen MR) is 85.2 cm³/mol. The largest absolute Gasteiger partial charge is 0.455 e. The molecule has 0 aliphatic rings. The van der Waals surface area contributed by atoms with Crippen molar-refractivity contribution in [1.82, 2.24) is 10.3 Å². The average Bonchev–Trinajstić information content (AvgIpc) is 2.41. The van der Waals surface area contributed by atoms with Crippen LogP contribution in [0.1, 0.15) is 25.0 Å².